The summed E-state index contributed by atoms with van der Waals surface area (Å²) in [6.07, 6.45) is 8.32. The van der Waals surface area contributed by atoms with Crippen LogP contribution in [0.4, 0.5) is 0 Å². The topological polar surface area (TPSA) is 3.24 Å². The van der Waals surface area contributed by atoms with Gasteiger partial charge in [-0.1, -0.05) is 40.5 Å². The molecule has 0 saturated carbocycles. The van der Waals surface area contributed by atoms with Crippen LogP contribution in [0, 0.1) is 11.3 Å². The fourth-order valence-electron chi connectivity index (χ4n) is 2.85. The van der Waals surface area contributed by atoms with Crippen molar-refractivity contribution in [1.29, 1.82) is 0 Å². The van der Waals surface area contributed by atoms with Crippen molar-refractivity contribution in [3.63, 3.8) is 0 Å². The first-order chi connectivity index (χ1) is 7.57. The van der Waals surface area contributed by atoms with Crippen LogP contribution in [-0.4, -0.2) is 24.5 Å². The predicted molar refractivity (Wildman–Crippen MR) is 72.8 cm³/mol. The molecule has 0 aliphatic carbocycles. The molecule has 0 N–H and O–H groups in total. The van der Waals surface area contributed by atoms with Crippen LogP contribution in [0.2, 0.25) is 0 Å². The number of hydrogen-bond donors (Lipinski definition) is 0. The van der Waals surface area contributed by atoms with E-state index in [0.29, 0.717) is 5.41 Å². The molecule has 1 saturated heterocycles. The third kappa shape index (κ3) is 4.86. The minimum Gasteiger partial charge on any atom is -0.303 e. The number of likely N-dealkylation sites (tertiary alicyclic amines) is 1. The normalized spacial score (nSPS) is 21.6. The van der Waals surface area contributed by atoms with Crippen LogP contribution in [0.1, 0.15) is 66.2 Å². The molecule has 1 aliphatic rings. The lowest BCUT2D eigenvalue weighted by atomic mass is 9.82. The van der Waals surface area contributed by atoms with Crippen molar-refractivity contribution in [2.45, 2.75) is 66.2 Å². The lowest BCUT2D eigenvalue weighted by molar-refractivity contribution is 0.113. The van der Waals surface area contributed by atoms with Gasteiger partial charge in [-0.05, 0) is 50.1 Å². The zero-order valence-corrected chi connectivity index (χ0v) is 11.9. The van der Waals surface area contributed by atoms with Crippen molar-refractivity contribution in [3.05, 3.63) is 0 Å². The highest BCUT2D eigenvalue weighted by Gasteiger charge is 2.26. The first kappa shape index (κ1) is 14.0. The predicted octanol–water partition coefficient (Wildman–Crippen LogP) is 4.32. The second-order valence-corrected chi connectivity index (χ2v) is 6.41. The van der Waals surface area contributed by atoms with Gasteiger partial charge in [0, 0.05) is 6.54 Å². The fourth-order valence-corrected chi connectivity index (χ4v) is 2.85. The van der Waals surface area contributed by atoms with E-state index in [2.05, 4.69) is 32.6 Å². The zero-order chi connectivity index (χ0) is 12.0. The van der Waals surface area contributed by atoms with Gasteiger partial charge in [0.1, 0.15) is 0 Å². The molecule has 1 heterocycles. The quantitative estimate of drug-likeness (QED) is 0.650. The molecule has 1 rings (SSSR count). The fraction of sp³-hybridized carbons (Fsp3) is 1.00. The SMILES string of the molecule is CCCC(CCC)CN1CCC(C)(C)CC1. The van der Waals surface area contributed by atoms with Gasteiger partial charge in [0.15, 0.2) is 0 Å². The molecule has 0 atom stereocenters. The van der Waals surface area contributed by atoms with Gasteiger partial charge in [-0.15, -0.1) is 0 Å². The Kier molecular flexibility index (Phi) is 5.82. The highest BCUT2D eigenvalue weighted by Crippen LogP contribution is 2.30. The summed E-state index contributed by atoms with van der Waals surface area (Å²) in [7, 11) is 0. The maximum absolute atomic E-state index is 2.71. The summed E-state index contributed by atoms with van der Waals surface area (Å²) in [6.45, 7) is 13.5. The Hall–Kier alpha value is -0.0400. The van der Waals surface area contributed by atoms with Gasteiger partial charge in [0.25, 0.3) is 0 Å². The van der Waals surface area contributed by atoms with E-state index in [4.69, 9.17) is 0 Å². The molecule has 1 heteroatoms. The van der Waals surface area contributed by atoms with Crippen LogP contribution in [0.15, 0.2) is 0 Å². The second-order valence-electron chi connectivity index (χ2n) is 6.41. The Morgan fingerprint density at radius 2 is 1.50 bits per heavy atom. The van der Waals surface area contributed by atoms with E-state index in [1.165, 1.54) is 58.2 Å². The van der Waals surface area contributed by atoms with Crippen molar-refractivity contribution in [2.75, 3.05) is 19.6 Å². The summed E-state index contributed by atoms with van der Waals surface area (Å²) in [6, 6.07) is 0. The molecule has 1 fully saturated rings. The lowest BCUT2D eigenvalue weighted by Gasteiger charge is -2.38. The maximum Gasteiger partial charge on any atom is 0.000966 e. The van der Waals surface area contributed by atoms with Crippen molar-refractivity contribution in [2.24, 2.45) is 11.3 Å². The first-order valence-corrected chi connectivity index (χ1v) is 7.29. The Morgan fingerprint density at radius 3 is 1.94 bits per heavy atom. The maximum atomic E-state index is 2.71. The number of nitrogens with zero attached hydrogens (tertiary/aromatic N) is 1. The molecule has 0 aromatic rings. The average Bonchev–Trinajstić information content (AvgIpc) is 2.22. The van der Waals surface area contributed by atoms with E-state index < -0.39 is 0 Å². The first-order valence-electron chi connectivity index (χ1n) is 7.29. The Labute approximate surface area is 103 Å². The monoisotopic (exact) mass is 225 g/mol. The van der Waals surface area contributed by atoms with E-state index in [0.717, 1.165) is 5.92 Å². The molecule has 96 valence electrons. The molecule has 1 aliphatic heterocycles. The number of rotatable bonds is 6. The van der Waals surface area contributed by atoms with E-state index in [1.54, 1.807) is 0 Å². The second kappa shape index (κ2) is 6.64. The van der Waals surface area contributed by atoms with Crippen molar-refractivity contribution >= 4 is 0 Å². The molecule has 16 heavy (non-hydrogen) atoms. The molecule has 0 bridgehead atoms. The zero-order valence-electron chi connectivity index (χ0n) is 11.9. The summed E-state index contributed by atoms with van der Waals surface area (Å²) in [5.41, 5.74) is 0.599. The van der Waals surface area contributed by atoms with Crippen LogP contribution in [-0.2, 0) is 0 Å². The highest BCUT2D eigenvalue weighted by molar-refractivity contribution is 4.79. The summed E-state index contributed by atoms with van der Waals surface area (Å²) in [5.74, 6) is 0.955. The summed E-state index contributed by atoms with van der Waals surface area (Å²) in [4.78, 5) is 2.71. The van der Waals surface area contributed by atoms with E-state index >= 15 is 0 Å². The van der Waals surface area contributed by atoms with E-state index in [9.17, 15) is 0 Å². The molecule has 0 amide bonds. The smallest absolute Gasteiger partial charge is 0.000966 e. The standard InChI is InChI=1S/C15H31N/c1-5-7-14(8-6-2)13-16-11-9-15(3,4)10-12-16/h14H,5-13H2,1-4H3. The van der Waals surface area contributed by atoms with Crippen LogP contribution < -0.4 is 0 Å². The van der Waals surface area contributed by atoms with Gasteiger partial charge in [0.2, 0.25) is 0 Å². The molecule has 0 aromatic heterocycles. The van der Waals surface area contributed by atoms with Crippen LogP contribution in [0.25, 0.3) is 0 Å². The number of piperidine rings is 1. The highest BCUT2D eigenvalue weighted by atomic mass is 15.1. The third-order valence-electron chi connectivity index (χ3n) is 4.12. The largest absolute Gasteiger partial charge is 0.303 e. The molecule has 0 unspecified atom stereocenters. The Balaban J connectivity index is 2.30. The minimum absolute atomic E-state index is 0.599. The van der Waals surface area contributed by atoms with Gasteiger partial charge in [-0.25, -0.2) is 0 Å². The molecule has 0 aromatic carbocycles. The summed E-state index contributed by atoms with van der Waals surface area (Å²) >= 11 is 0. The Morgan fingerprint density at radius 1 is 1.00 bits per heavy atom. The van der Waals surface area contributed by atoms with Gasteiger partial charge in [-0.2, -0.15) is 0 Å². The minimum atomic E-state index is 0.599. The van der Waals surface area contributed by atoms with Gasteiger partial charge >= 0.3 is 0 Å². The molecular weight excluding hydrogens is 194 g/mol. The summed E-state index contributed by atoms with van der Waals surface area (Å²) < 4.78 is 0. The van der Waals surface area contributed by atoms with Crippen LogP contribution >= 0.6 is 0 Å². The molecular formula is C15H31N. The lowest BCUT2D eigenvalue weighted by Crippen LogP contribution is -2.39. The van der Waals surface area contributed by atoms with Crippen LogP contribution in [0.3, 0.4) is 0 Å². The molecule has 1 nitrogen and oxygen atoms in total. The van der Waals surface area contributed by atoms with E-state index in [1.807, 2.05) is 0 Å². The van der Waals surface area contributed by atoms with Crippen molar-refractivity contribution < 1.29 is 0 Å². The number of hydrogen-bond acceptors (Lipinski definition) is 1. The third-order valence-corrected chi connectivity index (χ3v) is 4.12. The van der Waals surface area contributed by atoms with Crippen LogP contribution in [0.5, 0.6) is 0 Å². The average molecular weight is 225 g/mol. The van der Waals surface area contributed by atoms with Gasteiger partial charge < -0.3 is 4.90 Å². The van der Waals surface area contributed by atoms with E-state index in [-0.39, 0.29) is 0 Å². The van der Waals surface area contributed by atoms with Gasteiger partial charge in [-0.3, -0.25) is 0 Å². The molecule has 0 radical (unpaired) electrons. The Bertz CT molecular complexity index is 170. The summed E-state index contributed by atoms with van der Waals surface area (Å²) in [5, 5.41) is 0. The van der Waals surface area contributed by atoms with Crippen molar-refractivity contribution in [1.82, 2.24) is 4.90 Å². The molecule has 0 spiro atoms. The van der Waals surface area contributed by atoms with Gasteiger partial charge in [0.05, 0.1) is 0 Å². The van der Waals surface area contributed by atoms with Crippen molar-refractivity contribution in [3.8, 4) is 0 Å².